The second-order valence-corrected chi connectivity index (χ2v) is 2.89. The van der Waals surface area contributed by atoms with Gasteiger partial charge in [-0.1, -0.05) is 43.6 Å². The highest BCUT2D eigenvalue weighted by molar-refractivity contribution is 6.31. The lowest BCUT2D eigenvalue weighted by Gasteiger charge is -2.05. The van der Waals surface area contributed by atoms with E-state index in [4.69, 9.17) is 11.6 Å². The van der Waals surface area contributed by atoms with Gasteiger partial charge in [-0.15, -0.1) is 0 Å². The second-order valence-electron chi connectivity index (χ2n) is 2.48. The molecule has 1 heteroatoms. The van der Waals surface area contributed by atoms with Gasteiger partial charge in [-0.3, -0.25) is 0 Å². The monoisotopic (exact) mass is 153 g/mol. The zero-order chi connectivity index (χ0) is 7.56. The maximum atomic E-state index is 5.90. The number of benzene rings is 1. The van der Waals surface area contributed by atoms with Crippen molar-refractivity contribution in [3.8, 4) is 0 Å². The van der Waals surface area contributed by atoms with Gasteiger partial charge in [-0.25, -0.2) is 0 Å². The number of halogens is 1. The molecule has 0 nitrogen and oxygen atoms in total. The minimum Gasteiger partial charge on any atom is -0.0840 e. The van der Waals surface area contributed by atoms with Crippen LogP contribution in [0.1, 0.15) is 19.4 Å². The molecule has 0 amide bonds. The van der Waals surface area contributed by atoms with Crippen LogP contribution in [0.4, 0.5) is 0 Å². The molecule has 0 saturated heterocycles. The Labute approximate surface area is 66.8 Å². The minimum absolute atomic E-state index is 0.836. The van der Waals surface area contributed by atoms with Crippen LogP contribution in [-0.4, -0.2) is 0 Å². The predicted molar refractivity (Wildman–Crippen MR) is 45.1 cm³/mol. The minimum atomic E-state index is 0.836. The van der Waals surface area contributed by atoms with E-state index in [0.29, 0.717) is 0 Å². The molecule has 0 fully saturated rings. The molecule has 1 aromatic carbocycles. The Morgan fingerprint density at radius 1 is 1.20 bits per heavy atom. The standard InChI is InChI=1S/C9H10Cl/c1-7(2)8-5-3-4-6-9(8)10/h3-6H,1-2H3. The van der Waals surface area contributed by atoms with Crippen molar-refractivity contribution in [3.63, 3.8) is 0 Å². The summed E-state index contributed by atoms with van der Waals surface area (Å²) in [6, 6.07) is 7.87. The van der Waals surface area contributed by atoms with Crippen LogP contribution in [0.15, 0.2) is 24.3 Å². The summed E-state index contributed by atoms with van der Waals surface area (Å²) in [5.74, 6) is 1.26. The van der Waals surface area contributed by atoms with Crippen LogP contribution in [0.25, 0.3) is 0 Å². The molecule has 0 unspecified atom stereocenters. The highest BCUT2D eigenvalue weighted by atomic mass is 35.5. The van der Waals surface area contributed by atoms with Crippen LogP contribution in [0.5, 0.6) is 0 Å². The Balaban J connectivity index is 3.03. The van der Waals surface area contributed by atoms with Gasteiger partial charge in [-0.05, 0) is 11.6 Å². The van der Waals surface area contributed by atoms with Crippen molar-refractivity contribution < 1.29 is 0 Å². The summed E-state index contributed by atoms with van der Waals surface area (Å²) in [5, 5.41) is 0.836. The summed E-state index contributed by atoms with van der Waals surface area (Å²) in [6.45, 7) is 4.11. The van der Waals surface area contributed by atoms with E-state index in [2.05, 4.69) is 13.8 Å². The molecule has 0 aliphatic rings. The highest BCUT2D eigenvalue weighted by Crippen LogP contribution is 2.21. The van der Waals surface area contributed by atoms with Gasteiger partial charge < -0.3 is 0 Å². The zero-order valence-electron chi connectivity index (χ0n) is 6.19. The molecule has 10 heavy (non-hydrogen) atoms. The van der Waals surface area contributed by atoms with Crippen LogP contribution in [0, 0.1) is 5.92 Å². The van der Waals surface area contributed by atoms with Crippen LogP contribution in [-0.2, 0) is 0 Å². The molecule has 53 valence electrons. The first kappa shape index (κ1) is 7.62. The second kappa shape index (κ2) is 3.07. The van der Waals surface area contributed by atoms with Crippen molar-refractivity contribution in [3.05, 3.63) is 40.8 Å². The molecule has 1 rings (SSSR count). The average molecular weight is 154 g/mol. The van der Waals surface area contributed by atoms with E-state index in [-0.39, 0.29) is 0 Å². The van der Waals surface area contributed by atoms with Crippen molar-refractivity contribution in [2.75, 3.05) is 0 Å². The first-order valence-electron chi connectivity index (χ1n) is 3.27. The smallest absolute Gasteiger partial charge is 0.0443 e. The van der Waals surface area contributed by atoms with E-state index in [0.717, 1.165) is 10.6 Å². The highest BCUT2D eigenvalue weighted by Gasteiger charge is 2.01. The maximum absolute atomic E-state index is 5.90. The van der Waals surface area contributed by atoms with Gasteiger partial charge in [0.2, 0.25) is 0 Å². The van der Waals surface area contributed by atoms with Gasteiger partial charge in [0.15, 0.2) is 0 Å². The number of hydrogen-bond donors (Lipinski definition) is 0. The van der Waals surface area contributed by atoms with E-state index in [9.17, 15) is 0 Å². The van der Waals surface area contributed by atoms with Crippen LogP contribution < -0.4 is 0 Å². The van der Waals surface area contributed by atoms with Crippen molar-refractivity contribution in [1.82, 2.24) is 0 Å². The Morgan fingerprint density at radius 2 is 1.80 bits per heavy atom. The van der Waals surface area contributed by atoms with Gasteiger partial charge in [0.1, 0.15) is 0 Å². The Kier molecular flexibility index (Phi) is 2.34. The summed E-state index contributed by atoms with van der Waals surface area (Å²) >= 11 is 5.90. The lowest BCUT2D eigenvalue weighted by atomic mass is 10.0. The molecular formula is C9H10Cl. The largest absolute Gasteiger partial charge is 0.0840 e. The quantitative estimate of drug-likeness (QED) is 0.581. The molecule has 1 radical (unpaired) electrons. The van der Waals surface area contributed by atoms with Crippen LogP contribution in [0.2, 0.25) is 5.02 Å². The van der Waals surface area contributed by atoms with E-state index in [1.54, 1.807) is 0 Å². The zero-order valence-corrected chi connectivity index (χ0v) is 6.94. The first-order valence-corrected chi connectivity index (χ1v) is 3.64. The summed E-state index contributed by atoms with van der Waals surface area (Å²) < 4.78 is 0. The molecule has 0 bridgehead atoms. The summed E-state index contributed by atoms with van der Waals surface area (Å²) in [6.07, 6.45) is 0. The fraction of sp³-hybridized carbons (Fsp3) is 0.222. The molecular weight excluding hydrogens is 144 g/mol. The van der Waals surface area contributed by atoms with E-state index < -0.39 is 0 Å². The molecule has 0 aliphatic carbocycles. The van der Waals surface area contributed by atoms with E-state index in [1.165, 1.54) is 5.92 Å². The third-order valence-electron chi connectivity index (χ3n) is 1.41. The summed E-state index contributed by atoms with van der Waals surface area (Å²) in [4.78, 5) is 0. The number of rotatable bonds is 1. The topological polar surface area (TPSA) is 0 Å². The van der Waals surface area contributed by atoms with Crippen LogP contribution in [0.3, 0.4) is 0 Å². The predicted octanol–water partition coefficient (Wildman–Crippen LogP) is 3.30. The lowest BCUT2D eigenvalue weighted by Crippen LogP contribution is -1.87. The molecule has 0 spiro atoms. The van der Waals surface area contributed by atoms with Crippen molar-refractivity contribution in [2.45, 2.75) is 13.8 Å². The molecule has 0 atom stereocenters. The Hall–Kier alpha value is -0.490. The maximum Gasteiger partial charge on any atom is 0.0443 e. The molecule has 0 aromatic heterocycles. The number of hydrogen-bond acceptors (Lipinski definition) is 0. The summed E-state index contributed by atoms with van der Waals surface area (Å²) in [7, 11) is 0. The van der Waals surface area contributed by atoms with Gasteiger partial charge in [-0.2, -0.15) is 0 Å². The van der Waals surface area contributed by atoms with Gasteiger partial charge in [0.25, 0.3) is 0 Å². The third-order valence-corrected chi connectivity index (χ3v) is 1.74. The first-order chi connectivity index (χ1) is 4.72. The van der Waals surface area contributed by atoms with Crippen molar-refractivity contribution >= 4 is 11.6 Å². The molecule has 0 aliphatic heterocycles. The normalized spacial score (nSPS) is 10.4. The van der Waals surface area contributed by atoms with Gasteiger partial charge >= 0.3 is 0 Å². The molecule has 0 saturated carbocycles. The molecule has 1 aromatic rings. The summed E-state index contributed by atoms with van der Waals surface area (Å²) in [5.41, 5.74) is 1.14. The molecule has 0 heterocycles. The van der Waals surface area contributed by atoms with Crippen molar-refractivity contribution in [1.29, 1.82) is 0 Å². The third kappa shape index (κ3) is 1.51. The SMILES string of the molecule is C[C](C)c1ccccc1Cl. The Bertz CT molecular complexity index is 216. The fourth-order valence-electron chi connectivity index (χ4n) is 0.867. The van der Waals surface area contributed by atoms with E-state index >= 15 is 0 Å². The molecule has 0 N–H and O–H groups in total. The Morgan fingerprint density at radius 3 is 2.20 bits per heavy atom. The van der Waals surface area contributed by atoms with E-state index in [1.807, 2.05) is 24.3 Å². The van der Waals surface area contributed by atoms with Crippen molar-refractivity contribution in [2.24, 2.45) is 0 Å². The average Bonchev–Trinajstić information content (AvgIpc) is 1.88. The van der Waals surface area contributed by atoms with Gasteiger partial charge in [0.05, 0.1) is 0 Å². The lowest BCUT2D eigenvalue weighted by molar-refractivity contribution is 1.15. The van der Waals surface area contributed by atoms with Gasteiger partial charge in [0, 0.05) is 10.9 Å². The fourth-order valence-corrected chi connectivity index (χ4v) is 1.19. The van der Waals surface area contributed by atoms with Crippen LogP contribution >= 0.6 is 11.6 Å².